The first-order valence-corrected chi connectivity index (χ1v) is 10.6. The minimum absolute atomic E-state index is 0.0350. The first-order valence-electron chi connectivity index (χ1n) is 10.6. The number of aryl methyl sites for hydroxylation is 2. The van der Waals surface area contributed by atoms with Crippen LogP contribution in [0, 0.1) is 13.8 Å². The molecule has 1 aliphatic carbocycles. The van der Waals surface area contributed by atoms with Gasteiger partial charge in [-0.3, -0.25) is 4.79 Å². The molecule has 0 spiro atoms. The SMILES string of the molecule is Cc1ccc(C)c(OC2CCN(C(=O)NCCC(=O)NC3CCCC3)CC2)c1. The van der Waals surface area contributed by atoms with Gasteiger partial charge in [0.05, 0.1) is 0 Å². The Morgan fingerprint density at radius 2 is 1.82 bits per heavy atom. The second-order valence-corrected chi connectivity index (χ2v) is 8.10. The Balaban J connectivity index is 1.34. The molecule has 154 valence electrons. The molecule has 3 amide bonds. The summed E-state index contributed by atoms with van der Waals surface area (Å²) in [5.41, 5.74) is 2.33. The molecule has 0 unspecified atom stereocenters. The van der Waals surface area contributed by atoms with E-state index in [1.54, 1.807) is 0 Å². The van der Waals surface area contributed by atoms with Gasteiger partial charge in [-0.2, -0.15) is 0 Å². The molecule has 2 fully saturated rings. The van der Waals surface area contributed by atoms with Crippen LogP contribution in [-0.4, -0.2) is 48.6 Å². The van der Waals surface area contributed by atoms with Crippen molar-refractivity contribution in [2.24, 2.45) is 0 Å². The standard InChI is InChI=1S/C22H33N3O3/c1-16-7-8-17(2)20(15-16)28-19-10-13-25(14-11-19)22(27)23-12-9-21(26)24-18-5-3-4-6-18/h7-8,15,18-19H,3-6,9-14H2,1-2H3,(H,23,27)(H,24,26). The topological polar surface area (TPSA) is 70.7 Å². The van der Waals surface area contributed by atoms with Gasteiger partial charge in [-0.1, -0.05) is 25.0 Å². The fourth-order valence-corrected chi connectivity index (χ4v) is 3.96. The number of ether oxygens (including phenoxy) is 1. The smallest absolute Gasteiger partial charge is 0.317 e. The number of carbonyl (C=O) groups is 2. The van der Waals surface area contributed by atoms with Crippen LogP contribution < -0.4 is 15.4 Å². The van der Waals surface area contributed by atoms with E-state index in [4.69, 9.17) is 4.74 Å². The van der Waals surface area contributed by atoms with Gasteiger partial charge in [0.15, 0.2) is 0 Å². The van der Waals surface area contributed by atoms with Crippen LogP contribution in [0.3, 0.4) is 0 Å². The highest BCUT2D eigenvalue weighted by Gasteiger charge is 2.24. The van der Waals surface area contributed by atoms with E-state index in [1.165, 1.54) is 18.4 Å². The number of hydrogen-bond acceptors (Lipinski definition) is 3. The van der Waals surface area contributed by atoms with Crippen LogP contribution >= 0.6 is 0 Å². The first kappa shape index (κ1) is 20.5. The lowest BCUT2D eigenvalue weighted by atomic mass is 10.1. The zero-order chi connectivity index (χ0) is 19.9. The van der Waals surface area contributed by atoms with E-state index in [2.05, 4.69) is 42.7 Å². The van der Waals surface area contributed by atoms with Gasteiger partial charge in [0.1, 0.15) is 11.9 Å². The maximum Gasteiger partial charge on any atom is 0.317 e. The molecule has 28 heavy (non-hydrogen) atoms. The van der Waals surface area contributed by atoms with Crippen LogP contribution in [0.25, 0.3) is 0 Å². The average Bonchev–Trinajstić information content (AvgIpc) is 3.18. The van der Waals surface area contributed by atoms with Gasteiger partial charge in [0, 0.05) is 44.9 Å². The molecule has 1 aromatic rings. The Hall–Kier alpha value is -2.24. The van der Waals surface area contributed by atoms with Gasteiger partial charge in [0.2, 0.25) is 5.91 Å². The molecular formula is C22H33N3O3. The van der Waals surface area contributed by atoms with Gasteiger partial charge in [-0.05, 0) is 43.9 Å². The Morgan fingerprint density at radius 1 is 1.11 bits per heavy atom. The molecule has 2 aliphatic rings. The summed E-state index contributed by atoms with van der Waals surface area (Å²) < 4.78 is 6.16. The second kappa shape index (κ2) is 9.80. The van der Waals surface area contributed by atoms with Crippen LogP contribution in [-0.2, 0) is 4.79 Å². The maximum atomic E-state index is 12.3. The fraction of sp³-hybridized carbons (Fsp3) is 0.636. The zero-order valence-corrected chi connectivity index (χ0v) is 17.1. The molecule has 0 radical (unpaired) electrons. The summed E-state index contributed by atoms with van der Waals surface area (Å²) >= 11 is 0. The number of piperidine rings is 1. The molecule has 0 atom stereocenters. The normalized spacial score (nSPS) is 18.1. The molecule has 0 bridgehead atoms. The zero-order valence-electron chi connectivity index (χ0n) is 17.1. The number of amides is 3. The number of carbonyl (C=O) groups excluding carboxylic acids is 2. The number of urea groups is 1. The van der Waals surface area contributed by atoms with Crippen LogP contribution in [0.2, 0.25) is 0 Å². The molecule has 3 rings (SSSR count). The average molecular weight is 388 g/mol. The van der Waals surface area contributed by atoms with E-state index in [0.717, 1.165) is 37.0 Å². The molecule has 0 aromatic heterocycles. The largest absolute Gasteiger partial charge is 0.490 e. The number of benzene rings is 1. The van der Waals surface area contributed by atoms with Gasteiger partial charge in [-0.15, -0.1) is 0 Å². The Morgan fingerprint density at radius 3 is 2.54 bits per heavy atom. The molecular weight excluding hydrogens is 354 g/mol. The van der Waals surface area contributed by atoms with E-state index in [9.17, 15) is 9.59 Å². The third-order valence-corrected chi connectivity index (χ3v) is 5.72. The highest BCUT2D eigenvalue weighted by atomic mass is 16.5. The predicted octanol–water partition coefficient (Wildman–Crippen LogP) is 3.31. The minimum Gasteiger partial charge on any atom is -0.490 e. The Kier molecular flexibility index (Phi) is 7.18. The van der Waals surface area contributed by atoms with Crippen LogP contribution in [0.4, 0.5) is 4.79 Å². The summed E-state index contributed by atoms with van der Waals surface area (Å²) in [7, 11) is 0. The molecule has 1 aliphatic heterocycles. The number of nitrogens with zero attached hydrogens (tertiary/aromatic N) is 1. The van der Waals surface area contributed by atoms with Crippen LogP contribution in [0.5, 0.6) is 5.75 Å². The monoisotopic (exact) mass is 387 g/mol. The molecule has 6 nitrogen and oxygen atoms in total. The lowest BCUT2D eigenvalue weighted by Crippen LogP contribution is -2.47. The van der Waals surface area contributed by atoms with Crippen molar-refractivity contribution in [3.63, 3.8) is 0 Å². The molecule has 1 saturated carbocycles. The maximum absolute atomic E-state index is 12.3. The molecule has 6 heteroatoms. The Bertz CT molecular complexity index is 678. The Labute approximate surface area is 168 Å². The van der Waals surface area contributed by atoms with Gasteiger partial charge in [0.25, 0.3) is 0 Å². The van der Waals surface area contributed by atoms with Crippen LogP contribution in [0.1, 0.15) is 56.1 Å². The molecule has 1 saturated heterocycles. The summed E-state index contributed by atoms with van der Waals surface area (Å²) in [4.78, 5) is 26.1. The molecule has 1 aromatic carbocycles. The fourth-order valence-electron chi connectivity index (χ4n) is 3.96. The highest BCUT2D eigenvalue weighted by molar-refractivity contribution is 5.78. The predicted molar refractivity (Wildman–Crippen MR) is 110 cm³/mol. The second-order valence-electron chi connectivity index (χ2n) is 8.10. The van der Waals surface area contributed by atoms with Crippen molar-refractivity contribution < 1.29 is 14.3 Å². The number of hydrogen-bond donors (Lipinski definition) is 2. The lowest BCUT2D eigenvalue weighted by Gasteiger charge is -2.32. The van der Waals surface area contributed by atoms with Crippen molar-refractivity contribution >= 4 is 11.9 Å². The van der Waals surface area contributed by atoms with Gasteiger partial charge >= 0.3 is 6.03 Å². The summed E-state index contributed by atoms with van der Waals surface area (Å²) in [5.74, 6) is 0.976. The van der Waals surface area contributed by atoms with Crippen molar-refractivity contribution in [3.8, 4) is 5.75 Å². The van der Waals surface area contributed by atoms with Gasteiger partial charge in [-0.25, -0.2) is 4.79 Å². The van der Waals surface area contributed by atoms with E-state index >= 15 is 0 Å². The molecule has 1 heterocycles. The van der Waals surface area contributed by atoms with Crippen molar-refractivity contribution in [1.82, 2.24) is 15.5 Å². The van der Waals surface area contributed by atoms with E-state index in [-0.39, 0.29) is 18.0 Å². The third-order valence-electron chi connectivity index (χ3n) is 5.72. The van der Waals surface area contributed by atoms with E-state index < -0.39 is 0 Å². The van der Waals surface area contributed by atoms with Crippen molar-refractivity contribution in [2.45, 2.75) is 70.9 Å². The van der Waals surface area contributed by atoms with Crippen molar-refractivity contribution in [1.29, 1.82) is 0 Å². The summed E-state index contributed by atoms with van der Waals surface area (Å²) in [6.45, 7) is 5.86. The molecule has 2 N–H and O–H groups in total. The van der Waals surface area contributed by atoms with Crippen molar-refractivity contribution in [2.75, 3.05) is 19.6 Å². The van der Waals surface area contributed by atoms with Crippen LogP contribution in [0.15, 0.2) is 18.2 Å². The quantitative estimate of drug-likeness (QED) is 0.787. The number of rotatable bonds is 6. The van der Waals surface area contributed by atoms with Crippen molar-refractivity contribution in [3.05, 3.63) is 29.3 Å². The first-order chi connectivity index (χ1) is 13.5. The van der Waals surface area contributed by atoms with Gasteiger partial charge < -0.3 is 20.3 Å². The van der Waals surface area contributed by atoms with E-state index in [1.807, 2.05) is 4.90 Å². The minimum atomic E-state index is -0.0844. The summed E-state index contributed by atoms with van der Waals surface area (Å²) in [5, 5.41) is 5.92. The highest BCUT2D eigenvalue weighted by Crippen LogP contribution is 2.24. The lowest BCUT2D eigenvalue weighted by molar-refractivity contribution is -0.121. The van der Waals surface area contributed by atoms with E-state index in [0.29, 0.717) is 32.1 Å². The third kappa shape index (κ3) is 5.88. The number of likely N-dealkylation sites (tertiary alicyclic amines) is 1. The summed E-state index contributed by atoms with van der Waals surface area (Å²) in [6, 6.07) is 6.49. The summed E-state index contributed by atoms with van der Waals surface area (Å²) in [6.07, 6.45) is 6.69. The number of nitrogens with one attached hydrogen (secondary N) is 2.